The van der Waals surface area contributed by atoms with Gasteiger partial charge in [-0.3, -0.25) is 9.59 Å². The number of ketones is 1. The third-order valence-electron chi connectivity index (χ3n) is 5.05. The highest BCUT2D eigenvalue weighted by Gasteiger charge is 2.35. The third kappa shape index (κ3) is 3.49. The Morgan fingerprint density at radius 1 is 1.12 bits per heavy atom. The molecule has 0 aliphatic carbocycles. The van der Waals surface area contributed by atoms with Gasteiger partial charge in [-0.1, -0.05) is 36.4 Å². The van der Waals surface area contributed by atoms with Crippen LogP contribution in [0.25, 0.3) is 16.9 Å². The lowest BCUT2D eigenvalue weighted by atomic mass is 9.97. The number of hydrogen-bond acceptors (Lipinski definition) is 7. The lowest BCUT2D eigenvalue weighted by Gasteiger charge is -2.18. The van der Waals surface area contributed by atoms with Gasteiger partial charge in [0, 0.05) is 33.4 Å². The Morgan fingerprint density at radius 2 is 1.91 bits per heavy atom. The Bertz CT molecular complexity index is 1360. The molecule has 9 heteroatoms. The molecule has 5 rings (SSSR count). The lowest BCUT2D eigenvalue weighted by molar-refractivity contribution is -0.117. The summed E-state index contributed by atoms with van der Waals surface area (Å²) in [7, 11) is 0. The first-order valence-corrected chi connectivity index (χ1v) is 11.6. The van der Waals surface area contributed by atoms with Crippen LogP contribution in [-0.4, -0.2) is 26.5 Å². The monoisotopic (exact) mass is 457 g/mol. The number of thiazole rings is 1. The molecule has 0 saturated heterocycles. The van der Waals surface area contributed by atoms with Gasteiger partial charge in [-0.05, 0) is 18.2 Å². The van der Waals surface area contributed by atoms with Crippen LogP contribution < -0.4 is 5.32 Å². The van der Waals surface area contributed by atoms with Crippen LogP contribution in [0.1, 0.15) is 16.1 Å². The SMILES string of the molecule is N#CC(C(=O)Nc1nccs1)C(=O)c1nn(-c2ccccc2)c2c1CSc1ccccc1-2. The van der Waals surface area contributed by atoms with Crippen LogP contribution in [0.15, 0.2) is 71.1 Å². The molecule has 1 unspecified atom stereocenters. The van der Waals surface area contributed by atoms with E-state index in [2.05, 4.69) is 15.4 Å². The second kappa shape index (κ2) is 8.42. The zero-order valence-electron chi connectivity index (χ0n) is 16.6. The van der Waals surface area contributed by atoms with Gasteiger partial charge in [-0.25, -0.2) is 9.67 Å². The summed E-state index contributed by atoms with van der Waals surface area (Å²) < 4.78 is 1.73. The molecule has 1 amide bonds. The maximum Gasteiger partial charge on any atom is 0.251 e. The van der Waals surface area contributed by atoms with E-state index >= 15 is 0 Å². The summed E-state index contributed by atoms with van der Waals surface area (Å²) in [4.78, 5) is 31.1. The Morgan fingerprint density at radius 3 is 2.66 bits per heavy atom. The Kier molecular flexibility index (Phi) is 5.31. The van der Waals surface area contributed by atoms with Gasteiger partial charge < -0.3 is 5.32 Å². The molecule has 1 N–H and O–H groups in total. The molecule has 156 valence electrons. The first-order valence-electron chi connectivity index (χ1n) is 9.71. The zero-order chi connectivity index (χ0) is 22.1. The number of thioether (sulfide) groups is 1. The van der Waals surface area contributed by atoms with E-state index in [1.54, 1.807) is 21.8 Å². The maximum atomic E-state index is 13.4. The number of rotatable bonds is 5. The number of carbonyl (C=O) groups is 2. The zero-order valence-corrected chi connectivity index (χ0v) is 18.2. The minimum absolute atomic E-state index is 0.145. The van der Waals surface area contributed by atoms with Gasteiger partial charge in [0.15, 0.2) is 11.0 Å². The summed E-state index contributed by atoms with van der Waals surface area (Å²) in [5.74, 6) is -2.33. The maximum absolute atomic E-state index is 13.4. The van der Waals surface area contributed by atoms with Crippen molar-refractivity contribution in [3.05, 3.63) is 77.4 Å². The fraction of sp³-hybridized carbons (Fsp3) is 0.0870. The number of nitrogens with zero attached hydrogens (tertiary/aromatic N) is 4. The highest BCUT2D eigenvalue weighted by molar-refractivity contribution is 7.98. The van der Waals surface area contributed by atoms with Gasteiger partial charge in [0.05, 0.1) is 17.5 Å². The summed E-state index contributed by atoms with van der Waals surface area (Å²) in [6, 6.07) is 19.3. The Hall–Kier alpha value is -3.74. The van der Waals surface area contributed by atoms with Crippen LogP contribution >= 0.6 is 23.1 Å². The molecule has 0 spiro atoms. The van der Waals surface area contributed by atoms with Crippen LogP contribution in [-0.2, 0) is 10.5 Å². The van der Waals surface area contributed by atoms with E-state index in [-0.39, 0.29) is 5.69 Å². The van der Waals surface area contributed by atoms with Crippen molar-refractivity contribution in [2.24, 2.45) is 5.92 Å². The molecule has 0 bridgehead atoms. The Balaban J connectivity index is 1.61. The summed E-state index contributed by atoms with van der Waals surface area (Å²) in [6.45, 7) is 0. The number of anilines is 1. The van der Waals surface area contributed by atoms with Crippen molar-refractivity contribution in [3.63, 3.8) is 0 Å². The van der Waals surface area contributed by atoms with Crippen LogP contribution in [0, 0.1) is 17.2 Å². The van der Waals surface area contributed by atoms with Crippen molar-refractivity contribution in [2.45, 2.75) is 10.6 Å². The van der Waals surface area contributed by atoms with Crippen molar-refractivity contribution in [1.29, 1.82) is 5.26 Å². The average Bonchev–Trinajstić information content (AvgIpc) is 3.48. The number of Topliss-reactive ketones (excluding diaryl/α,β-unsaturated/α-hetero) is 1. The molecule has 3 heterocycles. The van der Waals surface area contributed by atoms with E-state index in [0.29, 0.717) is 10.9 Å². The first kappa shape index (κ1) is 20.2. The number of para-hydroxylation sites is 1. The number of nitrogens with one attached hydrogen (secondary N) is 1. The van der Waals surface area contributed by atoms with Gasteiger partial charge in [0.2, 0.25) is 5.78 Å². The van der Waals surface area contributed by atoms with Crippen molar-refractivity contribution >= 4 is 39.9 Å². The molecule has 0 radical (unpaired) electrons. The normalized spacial score (nSPS) is 12.8. The van der Waals surface area contributed by atoms with E-state index in [1.807, 2.05) is 60.7 Å². The van der Waals surface area contributed by atoms with Crippen molar-refractivity contribution < 1.29 is 9.59 Å². The number of amides is 1. The topological polar surface area (TPSA) is 101 Å². The van der Waals surface area contributed by atoms with Gasteiger partial charge in [0.1, 0.15) is 5.69 Å². The van der Waals surface area contributed by atoms with E-state index in [0.717, 1.165) is 27.4 Å². The molecule has 2 aromatic carbocycles. The molecule has 1 aliphatic rings. The van der Waals surface area contributed by atoms with Gasteiger partial charge in [0.25, 0.3) is 5.91 Å². The average molecular weight is 458 g/mol. The summed E-state index contributed by atoms with van der Waals surface area (Å²) in [5, 5.41) is 18.9. The van der Waals surface area contributed by atoms with Crippen LogP contribution in [0.3, 0.4) is 0 Å². The fourth-order valence-corrected chi connectivity index (χ4v) is 5.19. The molecule has 1 aliphatic heterocycles. The molecular formula is C23H15N5O2S2. The van der Waals surface area contributed by atoms with E-state index in [4.69, 9.17) is 0 Å². The second-order valence-electron chi connectivity index (χ2n) is 6.96. The molecular weight excluding hydrogens is 442 g/mol. The van der Waals surface area contributed by atoms with Crippen molar-refractivity contribution in [3.8, 4) is 23.0 Å². The van der Waals surface area contributed by atoms with Crippen molar-refractivity contribution in [2.75, 3.05) is 5.32 Å². The molecule has 32 heavy (non-hydrogen) atoms. The van der Waals surface area contributed by atoms with Crippen LogP contribution in [0.2, 0.25) is 0 Å². The van der Waals surface area contributed by atoms with Gasteiger partial charge >= 0.3 is 0 Å². The van der Waals surface area contributed by atoms with E-state index in [9.17, 15) is 14.9 Å². The minimum atomic E-state index is -1.52. The quantitative estimate of drug-likeness (QED) is 0.348. The largest absolute Gasteiger partial charge is 0.300 e. The Labute approximate surface area is 191 Å². The molecule has 0 fully saturated rings. The van der Waals surface area contributed by atoms with Gasteiger partial charge in [-0.15, -0.1) is 23.1 Å². The minimum Gasteiger partial charge on any atom is -0.300 e. The molecule has 0 saturated carbocycles. The smallest absolute Gasteiger partial charge is 0.251 e. The lowest BCUT2D eigenvalue weighted by Crippen LogP contribution is -2.29. The number of fused-ring (bicyclic) bond motifs is 3. The molecule has 4 aromatic rings. The highest BCUT2D eigenvalue weighted by Crippen LogP contribution is 2.44. The molecule has 7 nitrogen and oxygen atoms in total. The number of carbonyl (C=O) groups excluding carboxylic acids is 2. The van der Waals surface area contributed by atoms with Crippen LogP contribution in [0.5, 0.6) is 0 Å². The van der Waals surface area contributed by atoms with E-state index < -0.39 is 17.6 Å². The predicted molar refractivity (Wildman–Crippen MR) is 123 cm³/mol. The summed E-state index contributed by atoms with van der Waals surface area (Å²) in [6.07, 6.45) is 1.54. The van der Waals surface area contributed by atoms with E-state index in [1.165, 1.54) is 17.5 Å². The van der Waals surface area contributed by atoms with Crippen LogP contribution in [0.4, 0.5) is 5.13 Å². The third-order valence-corrected chi connectivity index (χ3v) is 6.84. The second-order valence-corrected chi connectivity index (χ2v) is 8.87. The first-order chi connectivity index (χ1) is 15.7. The van der Waals surface area contributed by atoms with Crippen molar-refractivity contribution in [1.82, 2.24) is 14.8 Å². The number of nitriles is 1. The number of hydrogen-bond donors (Lipinski definition) is 1. The predicted octanol–water partition coefficient (Wildman–Crippen LogP) is 4.56. The summed E-state index contributed by atoms with van der Waals surface area (Å²) >= 11 is 2.82. The number of benzene rings is 2. The molecule has 1 atom stereocenters. The fourth-order valence-electron chi connectivity index (χ4n) is 3.59. The molecule has 2 aromatic heterocycles. The summed E-state index contributed by atoms with van der Waals surface area (Å²) in [5.41, 5.74) is 3.45. The number of aromatic nitrogens is 3. The standard InChI is InChI=1S/C23H15N5O2S2/c24-12-16(22(30)26-23-25-10-11-31-23)21(29)19-17-13-32-18-9-5-4-8-15(18)20(17)28(27-19)14-6-2-1-3-7-14/h1-11,16H,13H2,(H,25,26,30). The van der Waals surface area contributed by atoms with Gasteiger partial charge in [-0.2, -0.15) is 10.4 Å². The highest BCUT2D eigenvalue weighted by atomic mass is 32.2.